The van der Waals surface area contributed by atoms with Gasteiger partial charge in [-0.05, 0) is 67.1 Å². The number of rotatable bonds is 5. The van der Waals surface area contributed by atoms with E-state index in [1.807, 2.05) is 0 Å². The Kier molecular flexibility index (Phi) is 6.11. The van der Waals surface area contributed by atoms with Crippen LogP contribution in [0.4, 0.5) is 29.3 Å². The molecule has 0 saturated carbocycles. The molecule has 1 aliphatic heterocycles. The summed E-state index contributed by atoms with van der Waals surface area (Å²) < 4.78 is 40.6. The van der Waals surface area contributed by atoms with Gasteiger partial charge < -0.3 is 10.2 Å². The number of carbonyl (C=O) groups is 2. The Balaban J connectivity index is 1.49. The lowest BCUT2D eigenvalue weighted by Crippen LogP contribution is -2.49. The van der Waals surface area contributed by atoms with Gasteiger partial charge >= 0.3 is 6.03 Å². The third-order valence-corrected chi connectivity index (χ3v) is 5.20. The second-order valence-corrected chi connectivity index (χ2v) is 7.46. The van der Waals surface area contributed by atoms with Gasteiger partial charge in [0, 0.05) is 35.6 Å². The van der Waals surface area contributed by atoms with Crippen molar-refractivity contribution in [3.05, 3.63) is 95.3 Å². The third-order valence-electron chi connectivity index (χ3n) is 5.20. The molecular formula is C24H20F3N3O2. The summed E-state index contributed by atoms with van der Waals surface area (Å²) >= 11 is 0. The summed E-state index contributed by atoms with van der Waals surface area (Å²) in [6, 6.07) is 14.8. The van der Waals surface area contributed by atoms with E-state index in [9.17, 15) is 22.8 Å². The average molecular weight is 439 g/mol. The van der Waals surface area contributed by atoms with Crippen LogP contribution in [0.25, 0.3) is 0 Å². The van der Waals surface area contributed by atoms with Crippen LogP contribution in [0, 0.1) is 17.5 Å². The molecule has 164 valence electrons. The zero-order valence-corrected chi connectivity index (χ0v) is 17.0. The molecule has 5 nitrogen and oxygen atoms in total. The minimum atomic E-state index is -0.568. The summed E-state index contributed by atoms with van der Waals surface area (Å²) in [4.78, 5) is 28.4. The quantitative estimate of drug-likeness (QED) is 0.595. The van der Waals surface area contributed by atoms with Crippen molar-refractivity contribution in [2.24, 2.45) is 0 Å². The molecule has 32 heavy (non-hydrogen) atoms. The number of amides is 3. The van der Waals surface area contributed by atoms with E-state index in [-0.39, 0.29) is 18.1 Å². The van der Waals surface area contributed by atoms with Crippen LogP contribution in [0.5, 0.6) is 0 Å². The minimum Gasteiger partial charge on any atom is -0.322 e. The Labute approximate surface area is 183 Å². The summed E-state index contributed by atoms with van der Waals surface area (Å²) in [5.41, 5.74) is 1.45. The Hall–Kier alpha value is -3.81. The fourth-order valence-electron chi connectivity index (χ4n) is 3.59. The van der Waals surface area contributed by atoms with Crippen LogP contribution in [0.15, 0.2) is 66.7 Å². The summed E-state index contributed by atoms with van der Waals surface area (Å²) in [5, 5.41) is 2.73. The highest BCUT2D eigenvalue weighted by atomic mass is 19.1. The van der Waals surface area contributed by atoms with E-state index in [4.69, 9.17) is 0 Å². The van der Waals surface area contributed by atoms with Gasteiger partial charge in [0.25, 0.3) is 5.91 Å². The largest absolute Gasteiger partial charge is 0.324 e. The molecular weight excluding hydrogens is 419 g/mol. The summed E-state index contributed by atoms with van der Waals surface area (Å²) in [6.45, 7) is 0.836. The number of anilines is 2. The number of hydrogen-bond acceptors (Lipinski definition) is 2. The minimum absolute atomic E-state index is 0.0417. The SMILES string of the molecule is O=C(Nc1cccc(N2CCCN(Cc3cc(F)ccc3F)C2=O)c1)c1ccc(F)cc1. The second-order valence-electron chi connectivity index (χ2n) is 7.46. The summed E-state index contributed by atoms with van der Waals surface area (Å²) in [6.07, 6.45) is 0.648. The van der Waals surface area contributed by atoms with Crippen LogP contribution in [-0.2, 0) is 6.54 Å². The van der Waals surface area contributed by atoms with E-state index in [1.54, 1.807) is 24.3 Å². The third kappa shape index (κ3) is 4.74. The Bertz CT molecular complexity index is 1150. The van der Waals surface area contributed by atoms with Crippen LogP contribution in [0.1, 0.15) is 22.3 Å². The van der Waals surface area contributed by atoms with Gasteiger partial charge in [-0.3, -0.25) is 9.69 Å². The van der Waals surface area contributed by atoms with E-state index in [1.165, 1.54) is 34.1 Å². The standard InChI is InChI=1S/C24H20F3N3O2/c25-18-7-5-16(6-8-18)23(31)28-20-3-1-4-21(14-20)30-12-2-11-29(24(30)32)15-17-13-19(26)9-10-22(17)27/h1,3-10,13-14H,2,11-12,15H2,(H,28,31). The van der Waals surface area contributed by atoms with Gasteiger partial charge in [0.1, 0.15) is 17.5 Å². The van der Waals surface area contributed by atoms with Gasteiger partial charge in [0.15, 0.2) is 0 Å². The predicted octanol–water partition coefficient (Wildman–Crippen LogP) is 5.19. The molecule has 1 N–H and O–H groups in total. The molecule has 3 aromatic rings. The number of nitrogens with zero attached hydrogens (tertiary/aromatic N) is 2. The normalized spacial score (nSPS) is 13.9. The van der Waals surface area contributed by atoms with E-state index in [2.05, 4.69) is 5.32 Å². The highest BCUT2D eigenvalue weighted by Gasteiger charge is 2.27. The first-order valence-corrected chi connectivity index (χ1v) is 10.1. The molecule has 0 aromatic heterocycles. The molecule has 0 unspecified atom stereocenters. The molecule has 4 rings (SSSR count). The van der Waals surface area contributed by atoms with Crippen molar-refractivity contribution in [3.63, 3.8) is 0 Å². The molecule has 1 fully saturated rings. The maximum Gasteiger partial charge on any atom is 0.324 e. The monoisotopic (exact) mass is 439 g/mol. The van der Waals surface area contributed by atoms with Gasteiger partial charge in [-0.15, -0.1) is 0 Å². The Morgan fingerprint density at radius 2 is 1.66 bits per heavy atom. The van der Waals surface area contributed by atoms with Crippen molar-refractivity contribution in [1.29, 1.82) is 0 Å². The second kappa shape index (κ2) is 9.13. The van der Waals surface area contributed by atoms with Crippen LogP contribution in [0.2, 0.25) is 0 Å². The molecule has 0 aliphatic carbocycles. The van der Waals surface area contributed by atoms with Crippen molar-refractivity contribution in [3.8, 4) is 0 Å². The first-order valence-electron chi connectivity index (χ1n) is 10.1. The topological polar surface area (TPSA) is 52.7 Å². The molecule has 1 heterocycles. The van der Waals surface area contributed by atoms with Crippen molar-refractivity contribution in [2.75, 3.05) is 23.3 Å². The molecule has 0 bridgehead atoms. The van der Waals surface area contributed by atoms with Crippen LogP contribution in [0.3, 0.4) is 0 Å². The number of halogens is 3. The van der Waals surface area contributed by atoms with Gasteiger partial charge in [0.05, 0.1) is 6.54 Å². The number of urea groups is 1. The number of carbonyl (C=O) groups excluding carboxylic acids is 2. The van der Waals surface area contributed by atoms with Gasteiger partial charge in [-0.2, -0.15) is 0 Å². The first-order chi connectivity index (χ1) is 15.4. The smallest absolute Gasteiger partial charge is 0.322 e. The van der Waals surface area contributed by atoms with Gasteiger partial charge in [0.2, 0.25) is 0 Å². The molecule has 0 atom stereocenters. The van der Waals surface area contributed by atoms with Gasteiger partial charge in [-0.25, -0.2) is 18.0 Å². The highest BCUT2D eigenvalue weighted by molar-refractivity contribution is 6.04. The maximum absolute atomic E-state index is 14.0. The van der Waals surface area contributed by atoms with Crippen LogP contribution >= 0.6 is 0 Å². The zero-order valence-electron chi connectivity index (χ0n) is 17.0. The fourth-order valence-corrected chi connectivity index (χ4v) is 3.59. The molecule has 3 amide bonds. The van der Waals surface area contributed by atoms with E-state index in [0.29, 0.717) is 36.4 Å². The highest BCUT2D eigenvalue weighted by Crippen LogP contribution is 2.25. The summed E-state index contributed by atoms with van der Waals surface area (Å²) in [7, 11) is 0. The maximum atomic E-state index is 14.0. The van der Waals surface area contributed by atoms with E-state index in [0.717, 1.165) is 18.2 Å². The lowest BCUT2D eigenvalue weighted by molar-refractivity contribution is 0.102. The Morgan fingerprint density at radius 1 is 0.906 bits per heavy atom. The van der Waals surface area contributed by atoms with E-state index < -0.39 is 23.4 Å². The molecule has 8 heteroatoms. The van der Waals surface area contributed by atoms with Crippen LogP contribution < -0.4 is 10.2 Å². The number of hydrogen-bond donors (Lipinski definition) is 1. The average Bonchev–Trinajstić information content (AvgIpc) is 2.78. The van der Waals surface area contributed by atoms with Crippen molar-refractivity contribution < 1.29 is 22.8 Å². The zero-order chi connectivity index (χ0) is 22.7. The van der Waals surface area contributed by atoms with E-state index >= 15 is 0 Å². The fraction of sp³-hybridized carbons (Fsp3) is 0.167. The molecule has 0 radical (unpaired) electrons. The lowest BCUT2D eigenvalue weighted by atomic mass is 10.1. The summed E-state index contributed by atoms with van der Waals surface area (Å²) in [5.74, 6) is -1.97. The van der Waals surface area contributed by atoms with Crippen molar-refractivity contribution >= 4 is 23.3 Å². The molecule has 1 saturated heterocycles. The first kappa shape index (κ1) is 21.4. The number of benzene rings is 3. The molecule has 0 spiro atoms. The van der Waals surface area contributed by atoms with Crippen molar-refractivity contribution in [1.82, 2.24) is 4.90 Å². The van der Waals surface area contributed by atoms with Crippen molar-refractivity contribution in [2.45, 2.75) is 13.0 Å². The number of nitrogens with one attached hydrogen (secondary N) is 1. The van der Waals surface area contributed by atoms with Crippen LogP contribution in [-0.4, -0.2) is 29.9 Å². The molecule has 3 aromatic carbocycles. The lowest BCUT2D eigenvalue weighted by Gasteiger charge is -2.36. The molecule has 1 aliphatic rings. The Morgan fingerprint density at radius 3 is 2.44 bits per heavy atom. The van der Waals surface area contributed by atoms with Gasteiger partial charge in [-0.1, -0.05) is 6.07 Å². The predicted molar refractivity (Wildman–Crippen MR) is 115 cm³/mol.